The second-order valence-electron chi connectivity index (χ2n) is 6.93. The first-order chi connectivity index (χ1) is 9.85. The summed E-state index contributed by atoms with van der Waals surface area (Å²) in [4.78, 5) is 16.6. The first-order valence-electron chi connectivity index (χ1n) is 7.70. The van der Waals surface area contributed by atoms with Crippen LogP contribution in [0.1, 0.15) is 33.3 Å². The highest BCUT2D eigenvalue weighted by Gasteiger charge is 2.28. The molecule has 4 nitrogen and oxygen atoms in total. The number of piperazine rings is 1. The van der Waals surface area contributed by atoms with Crippen molar-refractivity contribution in [1.82, 2.24) is 15.1 Å². The van der Waals surface area contributed by atoms with E-state index in [2.05, 4.69) is 41.4 Å². The zero-order valence-electron chi connectivity index (χ0n) is 13.6. The van der Waals surface area contributed by atoms with Crippen LogP contribution in [0.3, 0.4) is 0 Å². The molecule has 0 aromatic heterocycles. The molecule has 1 aromatic carbocycles. The lowest BCUT2D eigenvalue weighted by atomic mass is 10.1. The SMILES string of the molecule is CC1CN(C(=O)NC(C)(C)C)CCN1Cc1ccccc1. The zero-order chi connectivity index (χ0) is 15.5. The van der Waals surface area contributed by atoms with Crippen LogP contribution in [0, 0.1) is 0 Å². The normalized spacial score (nSPS) is 20.4. The molecule has 0 aliphatic carbocycles. The van der Waals surface area contributed by atoms with Gasteiger partial charge in [0, 0.05) is 37.8 Å². The number of rotatable bonds is 2. The van der Waals surface area contributed by atoms with Crippen LogP contribution >= 0.6 is 0 Å². The van der Waals surface area contributed by atoms with E-state index in [1.807, 2.05) is 31.7 Å². The summed E-state index contributed by atoms with van der Waals surface area (Å²) in [7, 11) is 0. The Hall–Kier alpha value is -1.55. The van der Waals surface area contributed by atoms with E-state index in [-0.39, 0.29) is 11.6 Å². The summed E-state index contributed by atoms with van der Waals surface area (Å²) in [5.74, 6) is 0. The van der Waals surface area contributed by atoms with Crippen LogP contribution < -0.4 is 5.32 Å². The van der Waals surface area contributed by atoms with Crippen molar-refractivity contribution in [1.29, 1.82) is 0 Å². The van der Waals surface area contributed by atoms with E-state index in [0.29, 0.717) is 6.04 Å². The molecule has 1 unspecified atom stereocenters. The summed E-state index contributed by atoms with van der Waals surface area (Å²) >= 11 is 0. The molecule has 1 atom stereocenters. The molecule has 21 heavy (non-hydrogen) atoms. The third kappa shape index (κ3) is 4.74. The van der Waals surface area contributed by atoms with Gasteiger partial charge < -0.3 is 10.2 Å². The Morgan fingerprint density at radius 3 is 2.48 bits per heavy atom. The fourth-order valence-corrected chi connectivity index (χ4v) is 2.63. The number of hydrogen-bond donors (Lipinski definition) is 1. The maximum absolute atomic E-state index is 12.2. The van der Waals surface area contributed by atoms with Crippen molar-refractivity contribution in [2.24, 2.45) is 0 Å². The smallest absolute Gasteiger partial charge is 0.317 e. The molecule has 4 heteroatoms. The molecule has 0 bridgehead atoms. The van der Waals surface area contributed by atoms with Gasteiger partial charge in [0.15, 0.2) is 0 Å². The Kier molecular flexibility index (Phi) is 4.88. The Balaban J connectivity index is 1.89. The second-order valence-corrected chi connectivity index (χ2v) is 6.93. The van der Waals surface area contributed by atoms with Gasteiger partial charge in [-0.15, -0.1) is 0 Å². The Labute approximate surface area is 128 Å². The number of carbonyl (C=O) groups is 1. The molecule has 1 aromatic rings. The van der Waals surface area contributed by atoms with Crippen molar-refractivity contribution in [3.05, 3.63) is 35.9 Å². The molecule has 1 aliphatic rings. The summed E-state index contributed by atoms with van der Waals surface area (Å²) in [6, 6.07) is 10.9. The molecule has 0 spiro atoms. The summed E-state index contributed by atoms with van der Waals surface area (Å²) in [6.45, 7) is 11.7. The topological polar surface area (TPSA) is 35.6 Å². The van der Waals surface area contributed by atoms with E-state index in [4.69, 9.17) is 0 Å². The molecular formula is C17H27N3O. The summed E-state index contributed by atoms with van der Waals surface area (Å²) in [5.41, 5.74) is 1.15. The minimum absolute atomic E-state index is 0.0497. The van der Waals surface area contributed by atoms with Gasteiger partial charge in [-0.05, 0) is 33.3 Å². The Morgan fingerprint density at radius 1 is 1.24 bits per heavy atom. The lowest BCUT2D eigenvalue weighted by Gasteiger charge is -2.40. The minimum Gasteiger partial charge on any atom is -0.333 e. The highest BCUT2D eigenvalue weighted by Crippen LogP contribution is 2.14. The highest BCUT2D eigenvalue weighted by molar-refractivity contribution is 5.75. The molecule has 1 aliphatic heterocycles. The van der Waals surface area contributed by atoms with Gasteiger partial charge in [-0.25, -0.2) is 4.79 Å². The molecule has 116 valence electrons. The second kappa shape index (κ2) is 6.48. The van der Waals surface area contributed by atoms with Crippen LogP contribution in [0.15, 0.2) is 30.3 Å². The predicted octanol–water partition coefficient (Wildman–Crippen LogP) is 2.70. The zero-order valence-corrected chi connectivity index (χ0v) is 13.6. The third-order valence-corrected chi connectivity index (χ3v) is 3.76. The van der Waals surface area contributed by atoms with Crippen molar-refractivity contribution in [3.8, 4) is 0 Å². The Morgan fingerprint density at radius 2 is 1.90 bits per heavy atom. The van der Waals surface area contributed by atoms with Crippen LogP contribution in [-0.4, -0.2) is 47.0 Å². The quantitative estimate of drug-likeness (QED) is 0.908. The van der Waals surface area contributed by atoms with Gasteiger partial charge in [0.25, 0.3) is 0 Å². The maximum Gasteiger partial charge on any atom is 0.317 e. The summed E-state index contributed by atoms with van der Waals surface area (Å²) in [6.07, 6.45) is 0. The number of hydrogen-bond acceptors (Lipinski definition) is 2. The minimum atomic E-state index is -0.179. The standard InChI is InChI=1S/C17H27N3O/c1-14-12-20(16(21)18-17(2,3)4)11-10-19(14)13-15-8-6-5-7-9-15/h5-9,14H,10-13H2,1-4H3,(H,18,21). The number of urea groups is 1. The average molecular weight is 289 g/mol. The average Bonchev–Trinajstić information content (AvgIpc) is 2.40. The van der Waals surface area contributed by atoms with Crippen molar-refractivity contribution < 1.29 is 4.79 Å². The van der Waals surface area contributed by atoms with Crippen LogP contribution in [0.4, 0.5) is 4.79 Å². The van der Waals surface area contributed by atoms with Gasteiger partial charge in [-0.3, -0.25) is 4.90 Å². The number of amides is 2. The largest absolute Gasteiger partial charge is 0.333 e. The number of benzene rings is 1. The van der Waals surface area contributed by atoms with E-state index < -0.39 is 0 Å². The van der Waals surface area contributed by atoms with E-state index in [1.165, 1.54) is 5.56 Å². The van der Waals surface area contributed by atoms with Crippen molar-refractivity contribution in [2.75, 3.05) is 19.6 Å². The fourth-order valence-electron chi connectivity index (χ4n) is 2.63. The lowest BCUT2D eigenvalue weighted by molar-refractivity contribution is 0.0901. The van der Waals surface area contributed by atoms with Crippen molar-refractivity contribution >= 4 is 6.03 Å². The van der Waals surface area contributed by atoms with Crippen LogP contribution in [0.2, 0.25) is 0 Å². The first-order valence-corrected chi connectivity index (χ1v) is 7.70. The fraction of sp³-hybridized carbons (Fsp3) is 0.588. The third-order valence-electron chi connectivity index (χ3n) is 3.76. The first kappa shape index (κ1) is 15.8. The van der Waals surface area contributed by atoms with Crippen molar-refractivity contribution in [2.45, 2.75) is 45.8 Å². The predicted molar refractivity (Wildman–Crippen MR) is 86.2 cm³/mol. The van der Waals surface area contributed by atoms with Crippen molar-refractivity contribution in [3.63, 3.8) is 0 Å². The van der Waals surface area contributed by atoms with Gasteiger partial charge in [-0.1, -0.05) is 30.3 Å². The maximum atomic E-state index is 12.2. The molecule has 2 amide bonds. The van der Waals surface area contributed by atoms with E-state index >= 15 is 0 Å². The van der Waals surface area contributed by atoms with E-state index in [0.717, 1.165) is 26.2 Å². The molecule has 2 rings (SSSR count). The number of carbonyl (C=O) groups excluding carboxylic acids is 1. The van der Waals surface area contributed by atoms with Crippen LogP contribution in [-0.2, 0) is 6.54 Å². The van der Waals surface area contributed by atoms with Gasteiger partial charge in [0.2, 0.25) is 0 Å². The monoisotopic (exact) mass is 289 g/mol. The highest BCUT2D eigenvalue weighted by atomic mass is 16.2. The van der Waals surface area contributed by atoms with E-state index in [1.54, 1.807) is 0 Å². The van der Waals surface area contributed by atoms with E-state index in [9.17, 15) is 4.79 Å². The van der Waals surface area contributed by atoms with Crippen LogP contribution in [0.25, 0.3) is 0 Å². The van der Waals surface area contributed by atoms with Gasteiger partial charge in [-0.2, -0.15) is 0 Å². The van der Waals surface area contributed by atoms with Gasteiger partial charge in [0.1, 0.15) is 0 Å². The molecule has 1 heterocycles. The molecule has 1 N–H and O–H groups in total. The number of nitrogens with zero attached hydrogens (tertiary/aromatic N) is 2. The van der Waals surface area contributed by atoms with Gasteiger partial charge >= 0.3 is 6.03 Å². The van der Waals surface area contributed by atoms with Crippen LogP contribution in [0.5, 0.6) is 0 Å². The molecule has 1 saturated heterocycles. The van der Waals surface area contributed by atoms with Gasteiger partial charge in [0.05, 0.1) is 0 Å². The summed E-state index contributed by atoms with van der Waals surface area (Å²) < 4.78 is 0. The molecule has 1 fully saturated rings. The lowest BCUT2D eigenvalue weighted by Crippen LogP contribution is -2.57. The molecule has 0 radical (unpaired) electrons. The summed E-state index contributed by atoms with van der Waals surface area (Å²) in [5, 5.41) is 3.04. The number of nitrogens with one attached hydrogen (secondary N) is 1. The molecule has 0 saturated carbocycles. The molecular weight excluding hydrogens is 262 g/mol. The Bertz CT molecular complexity index is 467.